The third-order valence-corrected chi connectivity index (χ3v) is 5.05. The van der Waals surface area contributed by atoms with Crippen LogP contribution in [0.4, 0.5) is 13.2 Å². The van der Waals surface area contributed by atoms with Crippen LogP contribution in [0.1, 0.15) is 12.1 Å². The summed E-state index contributed by atoms with van der Waals surface area (Å²) in [4.78, 5) is 5.57. The number of aliphatic imine (C=N–C) groups is 1. The Hall–Kier alpha value is -1.12. The summed E-state index contributed by atoms with van der Waals surface area (Å²) < 4.78 is 39.0. The van der Waals surface area contributed by atoms with Crippen LogP contribution in [0.25, 0.3) is 0 Å². The second-order valence-corrected chi connectivity index (χ2v) is 6.91. The Labute approximate surface area is 155 Å². The van der Waals surface area contributed by atoms with Crippen LogP contribution in [-0.4, -0.2) is 54.8 Å². The average molecular weight is 400 g/mol. The summed E-state index contributed by atoms with van der Waals surface area (Å²) in [5.74, 6) is 0.752. The molecule has 2 heterocycles. The lowest BCUT2D eigenvalue weighted by atomic mass is 10.1. The van der Waals surface area contributed by atoms with E-state index in [9.17, 15) is 13.2 Å². The van der Waals surface area contributed by atoms with Gasteiger partial charge in [-0.15, -0.1) is 0 Å². The Balaban J connectivity index is 1.76. The van der Waals surface area contributed by atoms with E-state index in [0.717, 1.165) is 12.1 Å². The minimum atomic E-state index is -4.14. The number of halogens is 5. The van der Waals surface area contributed by atoms with E-state index in [1.165, 1.54) is 4.90 Å². The molecule has 0 bridgehead atoms. The Morgan fingerprint density at radius 2 is 2.08 bits per heavy atom. The van der Waals surface area contributed by atoms with E-state index < -0.39 is 12.7 Å². The molecule has 1 aromatic heterocycles. The highest BCUT2D eigenvalue weighted by atomic mass is 35.5. The van der Waals surface area contributed by atoms with Gasteiger partial charge in [-0.05, 0) is 24.9 Å². The first-order valence-electron chi connectivity index (χ1n) is 7.93. The van der Waals surface area contributed by atoms with Gasteiger partial charge in [0.15, 0.2) is 5.96 Å². The van der Waals surface area contributed by atoms with Crippen LogP contribution in [-0.2, 0) is 13.6 Å². The highest BCUT2D eigenvalue weighted by molar-refractivity contribution is 6.41. The van der Waals surface area contributed by atoms with Gasteiger partial charge in [0.1, 0.15) is 5.15 Å². The molecule has 0 spiro atoms. The van der Waals surface area contributed by atoms with Gasteiger partial charge in [0.25, 0.3) is 0 Å². The van der Waals surface area contributed by atoms with Crippen molar-refractivity contribution in [1.29, 1.82) is 0 Å². The SMILES string of the molecule is CN=C(NCc1cc(Cl)c(Cl)n1C)NCC1CCN(CC(F)(F)F)C1. The van der Waals surface area contributed by atoms with Crippen LogP contribution in [0.2, 0.25) is 10.2 Å². The molecule has 5 nitrogen and oxygen atoms in total. The van der Waals surface area contributed by atoms with Gasteiger partial charge in [-0.2, -0.15) is 13.2 Å². The Bertz CT molecular complexity index is 615. The Kier molecular flexibility index (Phi) is 6.87. The highest BCUT2D eigenvalue weighted by Crippen LogP contribution is 2.25. The fraction of sp³-hybridized carbons (Fsp3) is 0.667. The molecule has 0 amide bonds. The van der Waals surface area contributed by atoms with E-state index in [-0.39, 0.29) is 5.92 Å². The summed E-state index contributed by atoms with van der Waals surface area (Å²) in [7, 11) is 3.46. The number of likely N-dealkylation sites (tertiary alicyclic amines) is 1. The molecule has 2 rings (SSSR count). The molecule has 0 saturated carbocycles. The van der Waals surface area contributed by atoms with E-state index in [1.54, 1.807) is 17.7 Å². The normalized spacial score (nSPS) is 19.5. The summed E-state index contributed by atoms with van der Waals surface area (Å²) in [5.41, 5.74) is 0.898. The molecule has 1 fully saturated rings. The van der Waals surface area contributed by atoms with Crippen LogP contribution in [0.15, 0.2) is 11.1 Å². The molecule has 0 radical (unpaired) electrons. The number of nitrogens with zero attached hydrogens (tertiary/aromatic N) is 3. The van der Waals surface area contributed by atoms with Crippen LogP contribution in [0, 0.1) is 5.92 Å². The fourth-order valence-electron chi connectivity index (χ4n) is 2.87. The van der Waals surface area contributed by atoms with Gasteiger partial charge in [0.05, 0.1) is 18.1 Å². The summed E-state index contributed by atoms with van der Waals surface area (Å²) in [6.07, 6.45) is -3.40. The molecule has 0 aliphatic carbocycles. The van der Waals surface area contributed by atoms with Crippen molar-refractivity contribution in [3.05, 3.63) is 21.9 Å². The molecule has 1 aliphatic rings. The zero-order valence-electron chi connectivity index (χ0n) is 14.1. The molecule has 1 saturated heterocycles. The zero-order valence-corrected chi connectivity index (χ0v) is 15.6. The van der Waals surface area contributed by atoms with Crippen LogP contribution < -0.4 is 10.6 Å². The van der Waals surface area contributed by atoms with Crippen molar-refractivity contribution in [2.75, 3.05) is 33.2 Å². The van der Waals surface area contributed by atoms with Gasteiger partial charge in [-0.3, -0.25) is 9.89 Å². The molecule has 10 heteroatoms. The number of guanidine groups is 1. The van der Waals surface area contributed by atoms with Gasteiger partial charge >= 0.3 is 6.18 Å². The van der Waals surface area contributed by atoms with Gasteiger partial charge in [0.2, 0.25) is 0 Å². The third-order valence-electron chi connectivity index (χ3n) is 4.21. The predicted molar refractivity (Wildman–Crippen MR) is 94.2 cm³/mol. The predicted octanol–water partition coefficient (Wildman–Crippen LogP) is 2.88. The number of nitrogens with one attached hydrogen (secondary N) is 2. The van der Waals surface area contributed by atoms with Crippen molar-refractivity contribution in [2.24, 2.45) is 18.0 Å². The van der Waals surface area contributed by atoms with Gasteiger partial charge in [-0.25, -0.2) is 0 Å². The molecule has 0 aromatic carbocycles. The number of aromatic nitrogens is 1. The minimum Gasteiger partial charge on any atom is -0.356 e. The molecular weight excluding hydrogens is 378 g/mol. The van der Waals surface area contributed by atoms with Crippen LogP contribution >= 0.6 is 23.2 Å². The largest absolute Gasteiger partial charge is 0.401 e. The Morgan fingerprint density at radius 1 is 1.36 bits per heavy atom. The number of hydrogen-bond acceptors (Lipinski definition) is 2. The molecule has 1 aromatic rings. The van der Waals surface area contributed by atoms with Crippen molar-refractivity contribution < 1.29 is 13.2 Å². The number of rotatable bonds is 5. The van der Waals surface area contributed by atoms with E-state index in [2.05, 4.69) is 15.6 Å². The molecule has 1 atom stereocenters. The third kappa shape index (κ3) is 5.97. The second-order valence-electron chi connectivity index (χ2n) is 6.15. The molecule has 2 N–H and O–H groups in total. The summed E-state index contributed by atoms with van der Waals surface area (Å²) in [6, 6.07) is 1.77. The molecule has 1 unspecified atom stereocenters. The first-order valence-corrected chi connectivity index (χ1v) is 8.68. The smallest absolute Gasteiger partial charge is 0.356 e. The minimum absolute atomic E-state index is 0.167. The zero-order chi connectivity index (χ0) is 18.6. The maximum atomic E-state index is 12.4. The van der Waals surface area contributed by atoms with Gasteiger partial charge in [0, 0.05) is 32.9 Å². The number of alkyl halides is 3. The van der Waals surface area contributed by atoms with E-state index in [1.807, 2.05) is 7.05 Å². The maximum Gasteiger partial charge on any atom is 0.401 e. The van der Waals surface area contributed by atoms with Gasteiger partial charge in [-0.1, -0.05) is 23.2 Å². The van der Waals surface area contributed by atoms with E-state index in [0.29, 0.717) is 42.3 Å². The second kappa shape index (κ2) is 8.51. The highest BCUT2D eigenvalue weighted by Gasteiger charge is 2.34. The van der Waals surface area contributed by atoms with E-state index >= 15 is 0 Å². The van der Waals surface area contributed by atoms with Crippen molar-refractivity contribution in [3.63, 3.8) is 0 Å². The lowest BCUT2D eigenvalue weighted by Crippen LogP contribution is -2.40. The van der Waals surface area contributed by atoms with Crippen molar-refractivity contribution in [3.8, 4) is 0 Å². The van der Waals surface area contributed by atoms with Crippen molar-refractivity contribution >= 4 is 29.2 Å². The maximum absolute atomic E-state index is 12.4. The fourth-order valence-corrected chi connectivity index (χ4v) is 3.29. The topological polar surface area (TPSA) is 44.6 Å². The lowest BCUT2D eigenvalue weighted by molar-refractivity contribution is -0.143. The average Bonchev–Trinajstić information content (AvgIpc) is 3.06. The quantitative estimate of drug-likeness (QED) is 0.590. The summed E-state index contributed by atoms with van der Waals surface area (Å²) >= 11 is 12.0. The van der Waals surface area contributed by atoms with Crippen LogP contribution in [0.5, 0.6) is 0 Å². The lowest BCUT2D eigenvalue weighted by Gasteiger charge is -2.18. The first-order chi connectivity index (χ1) is 11.7. The monoisotopic (exact) mass is 399 g/mol. The van der Waals surface area contributed by atoms with Crippen molar-refractivity contribution in [1.82, 2.24) is 20.1 Å². The van der Waals surface area contributed by atoms with Gasteiger partial charge < -0.3 is 15.2 Å². The van der Waals surface area contributed by atoms with Crippen LogP contribution in [0.3, 0.4) is 0 Å². The molecule has 25 heavy (non-hydrogen) atoms. The van der Waals surface area contributed by atoms with Crippen molar-refractivity contribution in [2.45, 2.75) is 19.1 Å². The first kappa shape index (κ1) is 20.2. The summed E-state index contributed by atoms with van der Waals surface area (Å²) in [5, 5.41) is 7.26. The van der Waals surface area contributed by atoms with E-state index in [4.69, 9.17) is 23.2 Å². The molecule has 142 valence electrons. The number of hydrogen-bond donors (Lipinski definition) is 2. The standard InChI is InChI=1S/C15H22Cl2F3N5/c1-21-14(23-7-11-5-12(16)13(17)24(11)2)22-6-10-3-4-25(8-10)9-15(18,19)20/h5,10H,3-4,6-9H2,1-2H3,(H2,21,22,23). The summed E-state index contributed by atoms with van der Waals surface area (Å²) in [6.45, 7) is 1.12. The molecule has 1 aliphatic heterocycles. The Morgan fingerprint density at radius 3 is 2.64 bits per heavy atom. The molecular formula is C15H22Cl2F3N5.